The van der Waals surface area contributed by atoms with Crippen LogP contribution < -0.4 is 10.9 Å². The molecule has 0 saturated heterocycles. The second-order valence-corrected chi connectivity index (χ2v) is 8.09. The fraction of sp³-hybridized carbons (Fsp3) is 0.647. The largest absolute Gasteiger partial charge is 0.318 e. The van der Waals surface area contributed by atoms with Gasteiger partial charge in [0.1, 0.15) is 0 Å². The second-order valence-electron chi connectivity index (χ2n) is 8.09. The lowest BCUT2D eigenvalue weighted by Gasteiger charge is -2.55. The van der Waals surface area contributed by atoms with Crippen LogP contribution in [0.2, 0.25) is 0 Å². The predicted octanol–water partition coefficient (Wildman–Crippen LogP) is 1.81. The van der Waals surface area contributed by atoms with E-state index in [-0.39, 0.29) is 22.8 Å². The van der Waals surface area contributed by atoms with Crippen LogP contribution in [0.4, 0.5) is 5.95 Å². The Bertz CT molecular complexity index is 861. The number of H-pyrrole nitrogens is 1. The lowest BCUT2D eigenvalue weighted by atomic mass is 9.49. The van der Waals surface area contributed by atoms with E-state index >= 15 is 0 Å². The van der Waals surface area contributed by atoms with Crippen molar-refractivity contribution in [3.63, 3.8) is 0 Å². The van der Waals surface area contributed by atoms with Crippen molar-refractivity contribution in [2.45, 2.75) is 38.5 Å². The summed E-state index contributed by atoms with van der Waals surface area (Å²) in [4.78, 5) is 36.2. The summed E-state index contributed by atoms with van der Waals surface area (Å²) in [5.41, 5.74) is 0.209. The first-order valence-electron chi connectivity index (χ1n) is 8.75. The van der Waals surface area contributed by atoms with Crippen molar-refractivity contribution < 1.29 is 4.79 Å². The topological polar surface area (TPSA) is 92.7 Å². The zero-order valence-electron chi connectivity index (χ0n) is 13.7. The van der Waals surface area contributed by atoms with Gasteiger partial charge in [-0.15, -0.1) is 0 Å². The van der Waals surface area contributed by atoms with E-state index in [1.165, 1.54) is 19.3 Å². The highest BCUT2D eigenvalue weighted by Gasteiger charge is 2.54. The summed E-state index contributed by atoms with van der Waals surface area (Å²) in [5, 5.41) is 2.90. The molecule has 4 aliphatic rings. The number of aromatic amines is 1. The first kappa shape index (κ1) is 14.2. The Morgan fingerprint density at radius 2 is 1.88 bits per heavy atom. The highest BCUT2D eigenvalue weighted by molar-refractivity contribution is 5.94. The van der Waals surface area contributed by atoms with Crippen LogP contribution in [0.15, 0.2) is 11.1 Å². The van der Waals surface area contributed by atoms with E-state index in [0.29, 0.717) is 28.9 Å². The molecule has 126 valence electrons. The van der Waals surface area contributed by atoms with E-state index < -0.39 is 0 Å². The van der Waals surface area contributed by atoms with Crippen LogP contribution in [0.5, 0.6) is 0 Å². The van der Waals surface area contributed by atoms with Gasteiger partial charge in [0.15, 0.2) is 11.2 Å². The van der Waals surface area contributed by atoms with Gasteiger partial charge in [0.25, 0.3) is 5.56 Å². The number of imidazole rings is 1. The molecule has 0 atom stereocenters. The zero-order chi connectivity index (χ0) is 16.5. The van der Waals surface area contributed by atoms with E-state index in [9.17, 15) is 9.59 Å². The van der Waals surface area contributed by atoms with E-state index in [1.807, 2.05) is 0 Å². The summed E-state index contributed by atoms with van der Waals surface area (Å²) in [6, 6.07) is 0. The molecule has 4 bridgehead atoms. The zero-order valence-corrected chi connectivity index (χ0v) is 13.7. The number of amides is 1. The molecule has 0 spiro atoms. The van der Waals surface area contributed by atoms with Crippen LogP contribution in [0, 0.1) is 23.2 Å². The van der Waals surface area contributed by atoms with Gasteiger partial charge in [-0.2, -0.15) is 4.98 Å². The van der Waals surface area contributed by atoms with E-state index in [0.717, 1.165) is 19.3 Å². The number of aryl methyl sites for hydroxylation is 1. The number of rotatable bonds is 2. The molecule has 4 aliphatic carbocycles. The van der Waals surface area contributed by atoms with Crippen LogP contribution in [0.1, 0.15) is 38.5 Å². The summed E-state index contributed by atoms with van der Waals surface area (Å²) >= 11 is 0. The molecule has 0 radical (unpaired) electrons. The van der Waals surface area contributed by atoms with Crippen LogP contribution >= 0.6 is 0 Å². The molecule has 2 N–H and O–H groups in total. The number of fused-ring (bicyclic) bond motifs is 1. The first-order valence-corrected chi connectivity index (χ1v) is 8.75. The molecule has 6 rings (SSSR count). The molecule has 0 aliphatic heterocycles. The Morgan fingerprint density at radius 3 is 2.50 bits per heavy atom. The number of nitrogens with one attached hydrogen (secondary N) is 2. The molecule has 2 aromatic rings. The fourth-order valence-electron chi connectivity index (χ4n) is 5.70. The van der Waals surface area contributed by atoms with E-state index in [4.69, 9.17) is 0 Å². The molecular weight excluding hydrogens is 306 g/mol. The number of carbonyl (C=O) groups is 1. The Labute approximate surface area is 138 Å². The lowest BCUT2D eigenvalue weighted by Crippen LogP contribution is -2.52. The van der Waals surface area contributed by atoms with Gasteiger partial charge < -0.3 is 4.57 Å². The number of aromatic nitrogens is 4. The number of anilines is 1. The Hall–Kier alpha value is -2.18. The van der Waals surface area contributed by atoms with Gasteiger partial charge in [0.2, 0.25) is 11.9 Å². The molecule has 7 heteroatoms. The summed E-state index contributed by atoms with van der Waals surface area (Å²) in [6.45, 7) is 0. The lowest BCUT2D eigenvalue weighted by molar-refractivity contribution is -0.140. The minimum atomic E-state index is -0.318. The highest BCUT2D eigenvalue weighted by Crippen LogP contribution is 2.60. The SMILES string of the molecule is Cn1cnc2c(=O)[nH]c(NC(=O)C34CC5CC(CC(C5)C3)C4)nc21. The fourth-order valence-corrected chi connectivity index (χ4v) is 5.70. The van der Waals surface area contributed by atoms with Gasteiger partial charge >= 0.3 is 0 Å². The molecule has 24 heavy (non-hydrogen) atoms. The maximum absolute atomic E-state index is 13.0. The van der Waals surface area contributed by atoms with Gasteiger partial charge in [-0.05, 0) is 56.3 Å². The normalized spacial score (nSPS) is 34.0. The minimum Gasteiger partial charge on any atom is -0.318 e. The number of hydrogen-bond donors (Lipinski definition) is 2. The van der Waals surface area contributed by atoms with Crippen molar-refractivity contribution in [1.29, 1.82) is 0 Å². The van der Waals surface area contributed by atoms with Gasteiger partial charge in [-0.25, -0.2) is 4.98 Å². The van der Waals surface area contributed by atoms with Crippen molar-refractivity contribution in [1.82, 2.24) is 19.5 Å². The van der Waals surface area contributed by atoms with Crippen LogP contribution in [0.25, 0.3) is 11.2 Å². The third kappa shape index (κ3) is 1.96. The standard InChI is InChI=1S/C17H21N5O2/c1-22-8-18-12-13(22)19-16(20-14(12)23)21-15(24)17-5-9-2-10(6-17)4-11(3-9)7-17/h8-11H,2-7H2,1H3,(H2,19,20,21,23,24). The smallest absolute Gasteiger partial charge is 0.280 e. The van der Waals surface area contributed by atoms with Crippen molar-refractivity contribution in [2.75, 3.05) is 5.32 Å². The molecule has 4 fully saturated rings. The summed E-state index contributed by atoms with van der Waals surface area (Å²) in [7, 11) is 1.78. The van der Waals surface area contributed by atoms with Crippen molar-refractivity contribution >= 4 is 23.0 Å². The van der Waals surface area contributed by atoms with Crippen LogP contribution in [-0.2, 0) is 11.8 Å². The van der Waals surface area contributed by atoms with E-state index in [2.05, 4.69) is 20.3 Å². The van der Waals surface area contributed by atoms with Crippen molar-refractivity contribution in [2.24, 2.45) is 30.2 Å². The van der Waals surface area contributed by atoms with Crippen molar-refractivity contribution in [3.8, 4) is 0 Å². The van der Waals surface area contributed by atoms with Gasteiger partial charge in [-0.3, -0.25) is 19.9 Å². The third-order valence-electron chi connectivity index (χ3n) is 6.32. The number of carbonyl (C=O) groups excluding carboxylic acids is 1. The number of hydrogen-bond acceptors (Lipinski definition) is 4. The minimum absolute atomic E-state index is 0.0336. The molecule has 4 saturated carbocycles. The van der Waals surface area contributed by atoms with Crippen LogP contribution in [0.3, 0.4) is 0 Å². The predicted molar refractivity (Wildman–Crippen MR) is 88.4 cm³/mol. The quantitative estimate of drug-likeness (QED) is 0.880. The molecule has 2 aromatic heterocycles. The molecule has 0 unspecified atom stereocenters. The van der Waals surface area contributed by atoms with Crippen molar-refractivity contribution in [3.05, 3.63) is 16.7 Å². The Balaban J connectivity index is 1.47. The molecular formula is C17H21N5O2. The molecule has 2 heterocycles. The molecule has 7 nitrogen and oxygen atoms in total. The maximum Gasteiger partial charge on any atom is 0.280 e. The highest BCUT2D eigenvalue weighted by atomic mass is 16.2. The van der Waals surface area contributed by atoms with E-state index in [1.54, 1.807) is 17.9 Å². The maximum atomic E-state index is 13.0. The second kappa shape index (κ2) is 4.68. The summed E-state index contributed by atoms with van der Waals surface area (Å²) < 4.78 is 1.69. The third-order valence-corrected chi connectivity index (χ3v) is 6.32. The number of nitrogens with zero attached hydrogens (tertiary/aromatic N) is 3. The average Bonchev–Trinajstić information content (AvgIpc) is 2.88. The Morgan fingerprint density at radius 1 is 1.25 bits per heavy atom. The average molecular weight is 327 g/mol. The van der Waals surface area contributed by atoms with Crippen LogP contribution in [-0.4, -0.2) is 25.4 Å². The molecule has 1 amide bonds. The van der Waals surface area contributed by atoms with Gasteiger partial charge in [0.05, 0.1) is 11.7 Å². The molecule has 0 aromatic carbocycles. The van der Waals surface area contributed by atoms with Gasteiger partial charge in [-0.1, -0.05) is 0 Å². The first-order chi connectivity index (χ1) is 11.5. The Kier molecular flexibility index (Phi) is 2.76. The summed E-state index contributed by atoms with van der Waals surface area (Å²) in [5.74, 6) is 2.37. The monoisotopic (exact) mass is 327 g/mol. The van der Waals surface area contributed by atoms with Gasteiger partial charge in [0, 0.05) is 7.05 Å². The summed E-state index contributed by atoms with van der Waals surface area (Å²) in [6.07, 6.45) is 8.40.